The van der Waals surface area contributed by atoms with E-state index in [1.807, 2.05) is 24.4 Å². The minimum absolute atomic E-state index is 0. The van der Waals surface area contributed by atoms with Gasteiger partial charge in [0.1, 0.15) is 6.04 Å². The molecular formula is C31H28BrF3N6O3. The van der Waals surface area contributed by atoms with E-state index in [1.54, 1.807) is 25.1 Å². The Kier molecular flexibility index (Phi) is 9.44. The highest BCUT2D eigenvalue weighted by molar-refractivity contribution is 5.93. The van der Waals surface area contributed by atoms with Crippen LogP contribution in [-0.4, -0.2) is 27.8 Å². The second kappa shape index (κ2) is 12.9. The number of aryl methyl sites for hydroxylation is 3. The number of pyridine rings is 1. The van der Waals surface area contributed by atoms with Crippen molar-refractivity contribution < 1.29 is 44.3 Å². The van der Waals surface area contributed by atoms with Crippen LogP contribution in [0.2, 0.25) is 0 Å². The Morgan fingerprint density at radius 1 is 1.16 bits per heavy atom. The number of methoxy groups -OCH3 is 1. The van der Waals surface area contributed by atoms with Gasteiger partial charge in [-0.25, -0.2) is 23.8 Å². The number of halogens is 4. The number of rotatable bonds is 7. The van der Waals surface area contributed by atoms with Crippen LogP contribution < -0.4 is 32.1 Å². The number of carbonyl (C=O) groups is 1. The summed E-state index contributed by atoms with van der Waals surface area (Å²) in [6, 6.07) is 16.6. The molecule has 44 heavy (non-hydrogen) atoms. The van der Waals surface area contributed by atoms with E-state index in [4.69, 9.17) is 4.74 Å². The molecule has 1 aliphatic heterocycles. The Labute approximate surface area is 261 Å². The van der Waals surface area contributed by atoms with E-state index in [-0.39, 0.29) is 39.9 Å². The summed E-state index contributed by atoms with van der Waals surface area (Å²) >= 11 is 0. The number of carbonyl (C=O) groups excluding carboxylic acids is 1. The van der Waals surface area contributed by atoms with Crippen molar-refractivity contribution in [1.29, 1.82) is 5.26 Å². The van der Waals surface area contributed by atoms with Gasteiger partial charge >= 0.3 is 17.8 Å². The monoisotopic (exact) mass is 668 g/mol. The highest BCUT2D eigenvalue weighted by Crippen LogP contribution is 2.43. The van der Waals surface area contributed by atoms with Crippen molar-refractivity contribution >= 4 is 17.6 Å². The minimum Gasteiger partial charge on any atom is -1.00 e. The number of benzene rings is 2. The molecule has 1 N–H and O–H groups in total. The molecule has 1 aliphatic rings. The fourth-order valence-corrected chi connectivity index (χ4v) is 5.53. The van der Waals surface area contributed by atoms with Crippen LogP contribution in [0.1, 0.15) is 47.8 Å². The predicted molar refractivity (Wildman–Crippen MR) is 150 cm³/mol. The maximum absolute atomic E-state index is 13.6. The molecule has 5 rings (SSSR count). The Morgan fingerprint density at radius 2 is 1.93 bits per heavy atom. The zero-order valence-corrected chi connectivity index (χ0v) is 25.6. The SMILES string of the molecule is CCc1cccc[n+]1CCc1cc(C#N)ccc1[C@@H]1C(C(=O)OC)=C(C)N(c2cccc(C(F)(F)F)c2)c2n[nH]c(=O)n21.[Br-]. The van der Waals surface area contributed by atoms with Gasteiger partial charge in [-0.3, -0.25) is 4.90 Å². The third-order valence-electron chi connectivity index (χ3n) is 7.57. The molecular weight excluding hydrogens is 641 g/mol. The van der Waals surface area contributed by atoms with Gasteiger partial charge in [-0.05, 0) is 48.4 Å². The van der Waals surface area contributed by atoms with Gasteiger partial charge in [0.05, 0.1) is 29.9 Å². The fourth-order valence-electron chi connectivity index (χ4n) is 5.53. The van der Waals surface area contributed by atoms with Gasteiger partial charge in [-0.2, -0.15) is 18.4 Å². The van der Waals surface area contributed by atoms with Crippen LogP contribution in [0, 0.1) is 11.3 Å². The zero-order chi connectivity index (χ0) is 30.9. The molecule has 4 aromatic rings. The van der Waals surface area contributed by atoms with Crippen molar-refractivity contribution in [3.05, 3.63) is 117 Å². The Hall–Kier alpha value is -4.70. The number of hydrogen-bond acceptors (Lipinski definition) is 6. The van der Waals surface area contributed by atoms with Crippen LogP contribution in [0.15, 0.2) is 82.9 Å². The molecule has 0 saturated heterocycles. The lowest BCUT2D eigenvalue weighted by atomic mass is 9.89. The fraction of sp³-hybridized carbons (Fsp3) is 0.258. The van der Waals surface area contributed by atoms with Gasteiger partial charge in [0.15, 0.2) is 18.4 Å². The van der Waals surface area contributed by atoms with Crippen LogP contribution in [0.25, 0.3) is 0 Å². The lowest BCUT2D eigenvalue weighted by molar-refractivity contribution is -0.703. The summed E-state index contributed by atoms with van der Waals surface area (Å²) in [6.45, 7) is 4.17. The third kappa shape index (κ3) is 5.90. The lowest BCUT2D eigenvalue weighted by Crippen LogP contribution is -3.00. The number of esters is 1. The Bertz CT molecular complexity index is 1840. The Balaban J connectivity index is 0.00000442. The number of fused-ring (bicyclic) bond motifs is 1. The van der Waals surface area contributed by atoms with Gasteiger partial charge in [-0.15, -0.1) is 5.10 Å². The van der Waals surface area contributed by atoms with Crippen molar-refractivity contribution in [1.82, 2.24) is 14.8 Å². The van der Waals surface area contributed by atoms with Crippen molar-refractivity contribution in [2.45, 2.75) is 45.5 Å². The topological polar surface area (TPSA) is 108 Å². The molecule has 9 nitrogen and oxygen atoms in total. The third-order valence-corrected chi connectivity index (χ3v) is 7.57. The first-order chi connectivity index (χ1) is 20.6. The van der Waals surface area contributed by atoms with Gasteiger partial charge < -0.3 is 21.7 Å². The molecule has 0 spiro atoms. The number of H-pyrrole nitrogens is 1. The van der Waals surface area contributed by atoms with E-state index in [1.165, 1.54) is 28.7 Å². The summed E-state index contributed by atoms with van der Waals surface area (Å²) in [5.41, 5.74) is 1.54. The van der Waals surface area contributed by atoms with Gasteiger partial charge in [-0.1, -0.05) is 25.1 Å². The number of nitrogens with zero attached hydrogens (tertiary/aromatic N) is 5. The van der Waals surface area contributed by atoms with Crippen molar-refractivity contribution in [3.8, 4) is 6.07 Å². The highest BCUT2D eigenvalue weighted by atomic mass is 79.9. The molecule has 0 bridgehead atoms. The standard InChI is InChI=1S/C31H27F3N6O3.BrH/c1-4-23-9-5-6-14-38(23)15-13-21-16-20(18-35)11-12-25(21)27-26(28(41)43-3)19(2)39(29-36-37-30(42)40(27)29)24-10-7-8-22(17-24)31(32,33)34;/h5-12,14,16-17,27H,4,13,15H2,1-3H3;1H/t27-;/m1./s1. The van der Waals surface area contributed by atoms with Crippen molar-refractivity contribution in [3.63, 3.8) is 0 Å². The molecule has 2 aromatic heterocycles. The van der Waals surface area contributed by atoms with Crippen LogP contribution >= 0.6 is 0 Å². The van der Waals surface area contributed by atoms with Crippen LogP contribution in [0.4, 0.5) is 24.8 Å². The number of nitriles is 1. The van der Waals surface area contributed by atoms with Crippen molar-refractivity contribution in [2.75, 3.05) is 12.0 Å². The van der Waals surface area contributed by atoms with Gasteiger partial charge in [0.25, 0.3) is 0 Å². The number of aromatic amines is 1. The minimum atomic E-state index is -4.62. The second-order valence-electron chi connectivity index (χ2n) is 9.99. The molecule has 0 fully saturated rings. The second-order valence-corrected chi connectivity index (χ2v) is 9.99. The highest BCUT2D eigenvalue weighted by Gasteiger charge is 2.41. The molecule has 0 unspecified atom stereocenters. The summed E-state index contributed by atoms with van der Waals surface area (Å²) in [7, 11) is 1.19. The molecule has 13 heteroatoms. The van der Waals surface area contributed by atoms with E-state index in [0.29, 0.717) is 29.7 Å². The zero-order valence-electron chi connectivity index (χ0n) is 24.0. The number of anilines is 2. The quantitative estimate of drug-likeness (QED) is 0.238. The van der Waals surface area contributed by atoms with E-state index in [2.05, 4.69) is 27.8 Å². The average Bonchev–Trinajstić information content (AvgIpc) is 3.39. The summed E-state index contributed by atoms with van der Waals surface area (Å²) in [5.74, 6) is -0.764. The average molecular weight is 670 g/mol. The first kappa shape index (κ1) is 32.2. The van der Waals surface area contributed by atoms with Crippen molar-refractivity contribution in [2.24, 2.45) is 0 Å². The van der Waals surface area contributed by atoms with Gasteiger partial charge in [0.2, 0.25) is 5.95 Å². The normalized spacial score (nSPS) is 14.5. The summed E-state index contributed by atoms with van der Waals surface area (Å²) in [6.07, 6.45) is -1.39. The predicted octanol–water partition coefficient (Wildman–Crippen LogP) is 1.75. The number of aromatic nitrogens is 4. The van der Waals surface area contributed by atoms with E-state index >= 15 is 0 Å². The number of alkyl halides is 3. The summed E-state index contributed by atoms with van der Waals surface area (Å²) < 4.78 is 49.3. The molecule has 0 saturated carbocycles. The number of allylic oxidation sites excluding steroid dienone is 1. The lowest BCUT2D eigenvalue weighted by Gasteiger charge is -2.36. The summed E-state index contributed by atoms with van der Waals surface area (Å²) in [5, 5.41) is 16.2. The molecule has 228 valence electrons. The molecule has 0 radical (unpaired) electrons. The van der Waals surface area contributed by atoms with E-state index in [9.17, 15) is 28.0 Å². The smallest absolute Gasteiger partial charge is 0.416 e. The number of ether oxygens (including phenoxy) is 1. The first-order valence-corrected chi connectivity index (χ1v) is 13.5. The van der Waals surface area contributed by atoms with Gasteiger partial charge in [0, 0.05) is 36.4 Å². The molecule has 0 aliphatic carbocycles. The van der Waals surface area contributed by atoms with Crippen LogP contribution in [0.5, 0.6) is 0 Å². The largest absolute Gasteiger partial charge is 1.00 e. The summed E-state index contributed by atoms with van der Waals surface area (Å²) in [4.78, 5) is 28.1. The molecule has 0 amide bonds. The maximum Gasteiger partial charge on any atom is 0.416 e. The molecule has 3 heterocycles. The van der Waals surface area contributed by atoms with Crippen LogP contribution in [-0.2, 0) is 35.1 Å². The number of nitrogens with one attached hydrogen (secondary N) is 1. The Morgan fingerprint density at radius 3 is 2.61 bits per heavy atom. The molecule has 2 aromatic carbocycles. The van der Waals surface area contributed by atoms with Crippen LogP contribution in [0.3, 0.4) is 0 Å². The number of hydrogen-bond donors (Lipinski definition) is 1. The maximum atomic E-state index is 13.6. The molecule has 1 atom stereocenters. The van der Waals surface area contributed by atoms with E-state index < -0.39 is 29.4 Å². The van der Waals surface area contributed by atoms with E-state index in [0.717, 1.165) is 24.2 Å². The first-order valence-electron chi connectivity index (χ1n) is 13.5.